The van der Waals surface area contributed by atoms with Crippen LogP contribution in [0.4, 0.5) is 0 Å². The van der Waals surface area contributed by atoms with Crippen LogP contribution in [0.25, 0.3) is 0 Å². The van der Waals surface area contributed by atoms with Gasteiger partial charge >= 0.3 is 11.9 Å². The molecule has 4 heteroatoms. The van der Waals surface area contributed by atoms with Gasteiger partial charge in [0.15, 0.2) is 0 Å². The molecule has 4 nitrogen and oxygen atoms in total. The topological polar surface area (TPSA) is 52.6 Å². The van der Waals surface area contributed by atoms with Crippen LogP contribution in [0, 0.1) is 5.41 Å². The van der Waals surface area contributed by atoms with Gasteiger partial charge in [-0.2, -0.15) is 0 Å². The number of allylic oxidation sites excluding steroid dienone is 1. The molecule has 0 unspecified atom stereocenters. The van der Waals surface area contributed by atoms with Gasteiger partial charge in [-0.15, -0.1) is 0 Å². The summed E-state index contributed by atoms with van der Waals surface area (Å²) in [5, 5.41) is 0. The van der Waals surface area contributed by atoms with Crippen LogP contribution in [0.15, 0.2) is 24.3 Å². The van der Waals surface area contributed by atoms with Crippen LogP contribution in [-0.2, 0) is 19.4 Å². The van der Waals surface area contributed by atoms with Gasteiger partial charge in [-0.1, -0.05) is 33.4 Å². The molecular weight excluding hydrogens is 196 g/mol. The number of carbonyl (C=O) groups excluding carboxylic acids is 2. The molecule has 0 fully saturated rings. The highest BCUT2D eigenvalue weighted by molar-refractivity contribution is 5.88. The average Bonchev–Trinajstić information content (AvgIpc) is 2.10. The normalized spacial score (nSPS) is 11.9. The van der Waals surface area contributed by atoms with Crippen LogP contribution in [0.5, 0.6) is 0 Å². The van der Waals surface area contributed by atoms with Crippen molar-refractivity contribution in [2.45, 2.75) is 27.7 Å². The standard InChI is InChI=1S/C11H16O4/c1-6-9(12)14-15-10(13)8(2)7-11(3,4)5/h6-7H,1H2,2-5H3/b8-7+. The third-order valence-electron chi connectivity index (χ3n) is 1.34. The summed E-state index contributed by atoms with van der Waals surface area (Å²) < 4.78 is 0. The van der Waals surface area contributed by atoms with Gasteiger partial charge in [0.25, 0.3) is 0 Å². The van der Waals surface area contributed by atoms with Crippen LogP contribution < -0.4 is 0 Å². The van der Waals surface area contributed by atoms with Gasteiger partial charge < -0.3 is 0 Å². The fraction of sp³-hybridized carbons (Fsp3) is 0.455. The highest BCUT2D eigenvalue weighted by atomic mass is 17.2. The van der Waals surface area contributed by atoms with Crippen molar-refractivity contribution in [3.63, 3.8) is 0 Å². The smallest absolute Gasteiger partial charge is 0.242 e. The third kappa shape index (κ3) is 6.49. The van der Waals surface area contributed by atoms with Crippen molar-refractivity contribution in [3.8, 4) is 0 Å². The third-order valence-corrected chi connectivity index (χ3v) is 1.34. The Morgan fingerprint density at radius 2 is 1.73 bits per heavy atom. The average molecular weight is 212 g/mol. The number of rotatable bonds is 2. The van der Waals surface area contributed by atoms with Crippen LogP contribution in [-0.4, -0.2) is 11.9 Å². The molecule has 0 rings (SSSR count). The Balaban J connectivity index is 4.29. The summed E-state index contributed by atoms with van der Waals surface area (Å²) in [7, 11) is 0. The molecule has 0 bridgehead atoms. The molecule has 0 aromatic carbocycles. The Kier molecular flexibility index (Phi) is 4.78. The van der Waals surface area contributed by atoms with Gasteiger partial charge in [-0.25, -0.2) is 19.4 Å². The van der Waals surface area contributed by atoms with E-state index in [4.69, 9.17) is 0 Å². The highest BCUT2D eigenvalue weighted by Gasteiger charge is 2.14. The molecule has 15 heavy (non-hydrogen) atoms. The molecule has 0 atom stereocenters. The van der Waals surface area contributed by atoms with Crippen molar-refractivity contribution in [1.82, 2.24) is 0 Å². The predicted octanol–water partition coefficient (Wildman–Crippen LogP) is 2.17. The molecule has 0 radical (unpaired) electrons. The van der Waals surface area contributed by atoms with Crippen molar-refractivity contribution >= 4 is 11.9 Å². The van der Waals surface area contributed by atoms with E-state index in [1.807, 2.05) is 20.8 Å². The minimum Gasteiger partial charge on any atom is -0.242 e. The van der Waals surface area contributed by atoms with Gasteiger partial charge in [0.2, 0.25) is 0 Å². The van der Waals surface area contributed by atoms with Crippen LogP contribution in [0.3, 0.4) is 0 Å². The largest absolute Gasteiger partial charge is 0.381 e. The first-order chi connectivity index (χ1) is 6.76. The number of carbonyl (C=O) groups is 2. The Bertz CT molecular complexity index is 294. The second-order valence-electron chi connectivity index (χ2n) is 4.17. The van der Waals surface area contributed by atoms with Gasteiger partial charge in [-0.3, -0.25) is 0 Å². The molecule has 0 aliphatic carbocycles. The van der Waals surface area contributed by atoms with E-state index in [0.717, 1.165) is 6.08 Å². The number of hydrogen-bond donors (Lipinski definition) is 0. The van der Waals surface area contributed by atoms with Crippen molar-refractivity contribution in [3.05, 3.63) is 24.3 Å². The maximum Gasteiger partial charge on any atom is 0.381 e. The summed E-state index contributed by atoms with van der Waals surface area (Å²) in [6.07, 6.45) is 2.65. The zero-order valence-corrected chi connectivity index (χ0v) is 9.49. The van der Waals surface area contributed by atoms with Crippen LogP contribution in [0.1, 0.15) is 27.7 Å². The first-order valence-electron chi connectivity index (χ1n) is 4.51. The predicted molar refractivity (Wildman–Crippen MR) is 55.6 cm³/mol. The van der Waals surface area contributed by atoms with E-state index in [1.54, 1.807) is 13.0 Å². The van der Waals surface area contributed by atoms with Crippen molar-refractivity contribution in [2.24, 2.45) is 5.41 Å². The molecule has 0 aromatic rings. The van der Waals surface area contributed by atoms with E-state index in [9.17, 15) is 9.59 Å². The SMILES string of the molecule is C=CC(=O)OOC(=O)/C(C)=C/C(C)(C)C. The minimum atomic E-state index is -0.799. The lowest BCUT2D eigenvalue weighted by atomic mass is 9.94. The number of hydrogen-bond acceptors (Lipinski definition) is 4. The summed E-state index contributed by atoms with van der Waals surface area (Å²) in [6, 6.07) is 0. The van der Waals surface area contributed by atoms with E-state index in [-0.39, 0.29) is 5.41 Å². The zero-order chi connectivity index (χ0) is 12.1. The highest BCUT2D eigenvalue weighted by Crippen LogP contribution is 2.17. The Hall–Kier alpha value is -1.58. The monoisotopic (exact) mass is 212 g/mol. The summed E-state index contributed by atoms with van der Waals surface area (Å²) in [4.78, 5) is 30.2. The molecule has 0 aliphatic heterocycles. The second-order valence-corrected chi connectivity index (χ2v) is 4.17. The first-order valence-corrected chi connectivity index (χ1v) is 4.51. The molecular formula is C11H16O4. The van der Waals surface area contributed by atoms with Gasteiger partial charge in [-0.05, 0) is 12.3 Å². The van der Waals surface area contributed by atoms with Gasteiger partial charge in [0, 0.05) is 11.6 Å². The van der Waals surface area contributed by atoms with Crippen molar-refractivity contribution in [1.29, 1.82) is 0 Å². The molecule has 0 saturated carbocycles. The van der Waals surface area contributed by atoms with E-state index in [0.29, 0.717) is 5.57 Å². The van der Waals surface area contributed by atoms with Gasteiger partial charge in [0.05, 0.1) is 0 Å². The Labute approximate surface area is 89.5 Å². The van der Waals surface area contributed by atoms with Crippen LogP contribution in [0.2, 0.25) is 0 Å². The van der Waals surface area contributed by atoms with Crippen molar-refractivity contribution < 1.29 is 19.4 Å². The van der Waals surface area contributed by atoms with E-state index in [1.165, 1.54) is 0 Å². The van der Waals surface area contributed by atoms with E-state index in [2.05, 4.69) is 16.4 Å². The zero-order valence-electron chi connectivity index (χ0n) is 9.49. The van der Waals surface area contributed by atoms with E-state index >= 15 is 0 Å². The molecule has 0 spiro atoms. The summed E-state index contributed by atoms with van der Waals surface area (Å²) >= 11 is 0. The Morgan fingerprint density at radius 3 is 2.13 bits per heavy atom. The maximum atomic E-state index is 11.2. The lowest BCUT2D eigenvalue weighted by molar-refractivity contribution is -0.251. The molecule has 0 aromatic heterocycles. The molecule has 0 aliphatic rings. The van der Waals surface area contributed by atoms with Gasteiger partial charge in [0.1, 0.15) is 0 Å². The molecule has 0 N–H and O–H groups in total. The quantitative estimate of drug-likeness (QED) is 0.400. The Morgan fingerprint density at radius 1 is 1.20 bits per heavy atom. The molecule has 84 valence electrons. The lowest BCUT2D eigenvalue weighted by Gasteiger charge is -2.12. The fourth-order valence-corrected chi connectivity index (χ4v) is 0.887. The summed E-state index contributed by atoms with van der Waals surface area (Å²) in [5.41, 5.74) is 0.255. The first kappa shape index (κ1) is 13.4. The molecule has 0 saturated heterocycles. The summed E-state index contributed by atoms with van der Waals surface area (Å²) in [5.74, 6) is -1.48. The summed E-state index contributed by atoms with van der Waals surface area (Å²) in [6.45, 7) is 10.6. The van der Waals surface area contributed by atoms with E-state index < -0.39 is 11.9 Å². The fourth-order valence-electron chi connectivity index (χ4n) is 0.887. The van der Waals surface area contributed by atoms with Crippen molar-refractivity contribution in [2.75, 3.05) is 0 Å². The molecule has 0 amide bonds. The van der Waals surface area contributed by atoms with Crippen LogP contribution >= 0.6 is 0 Å². The maximum absolute atomic E-state index is 11.2. The second kappa shape index (κ2) is 5.34. The lowest BCUT2D eigenvalue weighted by Crippen LogP contribution is -2.12. The minimum absolute atomic E-state index is 0.133. The molecule has 0 heterocycles.